The Morgan fingerprint density at radius 3 is 2.47 bits per heavy atom. The Hall–Kier alpha value is -3.12. The van der Waals surface area contributed by atoms with E-state index in [1.54, 1.807) is 19.1 Å². The Balaban J connectivity index is 1.93. The molecule has 0 saturated carbocycles. The quantitative estimate of drug-likeness (QED) is 0.578. The highest BCUT2D eigenvalue weighted by molar-refractivity contribution is 5.99. The van der Waals surface area contributed by atoms with Crippen LogP contribution in [0.2, 0.25) is 0 Å². The molecule has 1 aliphatic heterocycles. The summed E-state index contributed by atoms with van der Waals surface area (Å²) >= 11 is 0. The molecule has 0 radical (unpaired) electrons. The molecule has 2 heterocycles. The lowest BCUT2D eigenvalue weighted by atomic mass is 9.97. The maximum Gasteiger partial charge on any atom is 0.290 e. The maximum atomic E-state index is 13.6. The number of carbonyl (C=O) groups is 1. The normalized spacial score (nSPS) is 15.7. The smallest absolute Gasteiger partial charge is 0.290 e. The molecule has 0 aliphatic carbocycles. The Morgan fingerprint density at radius 1 is 1.07 bits per heavy atom. The van der Waals surface area contributed by atoms with E-state index in [-0.39, 0.29) is 17.1 Å². The molecule has 6 nitrogen and oxygen atoms in total. The second-order valence-electron chi connectivity index (χ2n) is 7.65. The van der Waals surface area contributed by atoms with Gasteiger partial charge in [-0.2, -0.15) is 0 Å². The summed E-state index contributed by atoms with van der Waals surface area (Å²) in [6.45, 7) is 4.82. The van der Waals surface area contributed by atoms with Crippen molar-refractivity contribution in [2.75, 3.05) is 27.4 Å². The average molecular weight is 407 g/mol. The molecule has 1 aliphatic rings. The Labute approximate surface area is 175 Å². The highest BCUT2D eigenvalue weighted by Gasteiger charge is 2.42. The van der Waals surface area contributed by atoms with E-state index in [4.69, 9.17) is 13.9 Å². The zero-order valence-corrected chi connectivity index (χ0v) is 17.7. The van der Waals surface area contributed by atoms with Gasteiger partial charge in [0.1, 0.15) is 11.3 Å². The number of ether oxygens (including phenoxy) is 2. The van der Waals surface area contributed by atoms with E-state index in [0.29, 0.717) is 41.9 Å². The van der Waals surface area contributed by atoms with Crippen LogP contribution in [0.5, 0.6) is 5.75 Å². The fourth-order valence-electron chi connectivity index (χ4n) is 4.22. The molecule has 1 aromatic heterocycles. The van der Waals surface area contributed by atoms with Gasteiger partial charge in [0.05, 0.1) is 24.1 Å². The molecule has 1 unspecified atom stereocenters. The van der Waals surface area contributed by atoms with Gasteiger partial charge in [-0.05, 0) is 55.2 Å². The van der Waals surface area contributed by atoms with Crippen molar-refractivity contribution in [3.63, 3.8) is 0 Å². The van der Waals surface area contributed by atoms with Crippen molar-refractivity contribution in [3.05, 3.63) is 74.6 Å². The van der Waals surface area contributed by atoms with Crippen molar-refractivity contribution in [1.82, 2.24) is 4.90 Å². The van der Waals surface area contributed by atoms with Crippen LogP contribution in [0.1, 0.15) is 45.3 Å². The standard InChI is InChI=1S/C24H25NO5/c1-14-12-15(2)22-18(13-14)21(26)19-20(16-6-8-17(29-4)9-7-16)25(10-5-11-28-3)24(27)23(19)30-22/h6-9,12-13,20H,5,10-11H2,1-4H3. The lowest BCUT2D eigenvalue weighted by Gasteiger charge is -2.25. The first-order valence-corrected chi connectivity index (χ1v) is 9.98. The predicted molar refractivity (Wildman–Crippen MR) is 114 cm³/mol. The highest BCUT2D eigenvalue weighted by atomic mass is 16.5. The van der Waals surface area contributed by atoms with Crippen molar-refractivity contribution in [1.29, 1.82) is 0 Å². The Bertz CT molecular complexity index is 1160. The van der Waals surface area contributed by atoms with Crippen molar-refractivity contribution in [2.45, 2.75) is 26.3 Å². The summed E-state index contributed by atoms with van der Waals surface area (Å²) in [6.07, 6.45) is 0.661. The summed E-state index contributed by atoms with van der Waals surface area (Å²) in [5.74, 6) is 0.588. The van der Waals surface area contributed by atoms with E-state index < -0.39 is 6.04 Å². The molecular weight excluding hydrogens is 382 g/mol. The number of fused-ring (bicyclic) bond motifs is 2. The number of methoxy groups -OCH3 is 2. The number of hydrogen-bond donors (Lipinski definition) is 0. The third kappa shape index (κ3) is 3.27. The summed E-state index contributed by atoms with van der Waals surface area (Å²) in [6, 6.07) is 10.7. The molecule has 2 aromatic carbocycles. The fourth-order valence-corrected chi connectivity index (χ4v) is 4.22. The lowest BCUT2D eigenvalue weighted by molar-refractivity contribution is 0.0708. The van der Waals surface area contributed by atoms with E-state index >= 15 is 0 Å². The summed E-state index contributed by atoms with van der Waals surface area (Å²) in [5.41, 5.74) is 3.40. The van der Waals surface area contributed by atoms with Gasteiger partial charge in [0.15, 0.2) is 5.43 Å². The van der Waals surface area contributed by atoms with Gasteiger partial charge in [-0.3, -0.25) is 9.59 Å². The number of hydrogen-bond acceptors (Lipinski definition) is 5. The molecule has 156 valence electrons. The third-order valence-corrected chi connectivity index (χ3v) is 5.58. The summed E-state index contributed by atoms with van der Waals surface area (Å²) < 4.78 is 16.5. The molecular formula is C24H25NO5. The van der Waals surface area contributed by atoms with Crippen LogP contribution < -0.4 is 10.2 Å². The molecule has 1 atom stereocenters. The van der Waals surface area contributed by atoms with Crippen LogP contribution in [0.25, 0.3) is 11.0 Å². The zero-order valence-electron chi connectivity index (χ0n) is 17.7. The van der Waals surface area contributed by atoms with Crippen LogP contribution >= 0.6 is 0 Å². The molecule has 6 heteroatoms. The fraction of sp³-hybridized carbons (Fsp3) is 0.333. The van der Waals surface area contributed by atoms with Gasteiger partial charge in [0.2, 0.25) is 5.76 Å². The highest BCUT2D eigenvalue weighted by Crippen LogP contribution is 2.39. The van der Waals surface area contributed by atoms with Gasteiger partial charge >= 0.3 is 0 Å². The number of nitrogens with zero attached hydrogens (tertiary/aromatic N) is 1. The topological polar surface area (TPSA) is 69.0 Å². The first-order chi connectivity index (χ1) is 14.5. The van der Waals surface area contributed by atoms with Crippen LogP contribution in [-0.2, 0) is 4.74 Å². The Kier molecular flexibility index (Phi) is 5.35. The van der Waals surface area contributed by atoms with Gasteiger partial charge in [0.25, 0.3) is 5.91 Å². The van der Waals surface area contributed by atoms with Crippen LogP contribution in [0.4, 0.5) is 0 Å². The molecule has 4 rings (SSSR count). The maximum absolute atomic E-state index is 13.6. The SMILES string of the molecule is COCCCN1C(=O)c2oc3c(C)cc(C)cc3c(=O)c2C1c1ccc(OC)cc1. The minimum Gasteiger partial charge on any atom is -0.497 e. The van der Waals surface area contributed by atoms with Gasteiger partial charge < -0.3 is 18.8 Å². The summed E-state index contributed by atoms with van der Waals surface area (Å²) in [5, 5.41) is 0.510. The van der Waals surface area contributed by atoms with Crippen LogP contribution in [0, 0.1) is 13.8 Å². The molecule has 3 aromatic rings. The number of aryl methyl sites for hydroxylation is 2. The first kappa shape index (κ1) is 20.2. The van der Waals surface area contributed by atoms with Crippen molar-refractivity contribution < 1.29 is 18.7 Å². The van der Waals surface area contributed by atoms with Crippen LogP contribution in [-0.4, -0.2) is 38.2 Å². The number of amides is 1. The molecule has 0 saturated heterocycles. The second kappa shape index (κ2) is 7.95. The molecule has 0 spiro atoms. The van der Waals surface area contributed by atoms with Gasteiger partial charge in [-0.25, -0.2) is 0 Å². The van der Waals surface area contributed by atoms with Crippen LogP contribution in [0.15, 0.2) is 45.6 Å². The van der Waals surface area contributed by atoms with Crippen molar-refractivity contribution >= 4 is 16.9 Å². The predicted octanol–water partition coefficient (Wildman–Crippen LogP) is 4.00. The van der Waals surface area contributed by atoms with Gasteiger partial charge in [0, 0.05) is 20.3 Å². The number of carbonyl (C=O) groups excluding carboxylic acids is 1. The number of benzene rings is 2. The molecule has 30 heavy (non-hydrogen) atoms. The van der Waals surface area contributed by atoms with Gasteiger partial charge in [-0.15, -0.1) is 0 Å². The van der Waals surface area contributed by atoms with Crippen LogP contribution in [0.3, 0.4) is 0 Å². The number of rotatable bonds is 6. The molecule has 0 N–H and O–H groups in total. The summed E-state index contributed by atoms with van der Waals surface area (Å²) in [7, 11) is 3.23. The molecule has 1 amide bonds. The average Bonchev–Trinajstić information content (AvgIpc) is 3.01. The Morgan fingerprint density at radius 2 is 1.80 bits per heavy atom. The van der Waals surface area contributed by atoms with E-state index in [1.807, 2.05) is 50.2 Å². The van der Waals surface area contributed by atoms with E-state index in [0.717, 1.165) is 16.7 Å². The van der Waals surface area contributed by atoms with E-state index in [2.05, 4.69) is 0 Å². The first-order valence-electron chi connectivity index (χ1n) is 9.98. The molecule has 0 fully saturated rings. The third-order valence-electron chi connectivity index (χ3n) is 5.58. The minimum atomic E-state index is -0.503. The zero-order chi connectivity index (χ0) is 21.4. The van der Waals surface area contributed by atoms with Crippen molar-refractivity contribution in [2.24, 2.45) is 0 Å². The second-order valence-corrected chi connectivity index (χ2v) is 7.65. The largest absolute Gasteiger partial charge is 0.497 e. The minimum absolute atomic E-state index is 0.137. The van der Waals surface area contributed by atoms with Gasteiger partial charge in [-0.1, -0.05) is 18.2 Å². The molecule has 0 bridgehead atoms. The van der Waals surface area contributed by atoms with E-state index in [9.17, 15) is 9.59 Å². The monoisotopic (exact) mass is 407 g/mol. The van der Waals surface area contributed by atoms with Crippen molar-refractivity contribution in [3.8, 4) is 5.75 Å². The van der Waals surface area contributed by atoms with E-state index in [1.165, 1.54) is 0 Å². The summed E-state index contributed by atoms with van der Waals surface area (Å²) in [4.78, 5) is 28.6. The lowest BCUT2D eigenvalue weighted by Crippen LogP contribution is -2.31.